The Labute approximate surface area is 145 Å². The first-order valence-corrected chi connectivity index (χ1v) is 8.47. The molecule has 3 N–H and O–H groups in total. The van der Waals surface area contributed by atoms with Crippen molar-refractivity contribution in [3.8, 4) is 6.07 Å². The maximum atomic E-state index is 12.9. The van der Waals surface area contributed by atoms with Crippen molar-refractivity contribution in [1.29, 1.82) is 5.26 Å². The molecule has 0 aliphatic heterocycles. The van der Waals surface area contributed by atoms with Gasteiger partial charge in [-0.2, -0.15) is 18.4 Å². The van der Waals surface area contributed by atoms with Crippen LogP contribution in [0, 0.1) is 11.3 Å². The minimum Gasteiger partial charge on any atom is -0.329 e. The SMILES string of the molecule is CCCCC(CN)NS(=O)(=O)c1ccc(C#N)c(C(F)(F)F)c1.Cl. The van der Waals surface area contributed by atoms with E-state index in [1.165, 1.54) is 6.07 Å². The molecule has 0 aromatic heterocycles. The van der Waals surface area contributed by atoms with Gasteiger partial charge in [-0.3, -0.25) is 0 Å². The molecule has 1 atom stereocenters. The van der Waals surface area contributed by atoms with Crippen LogP contribution in [-0.4, -0.2) is 21.0 Å². The van der Waals surface area contributed by atoms with Crippen molar-refractivity contribution in [2.24, 2.45) is 5.73 Å². The van der Waals surface area contributed by atoms with Gasteiger partial charge in [0.1, 0.15) is 0 Å². The number of nitrogens with zero attached hydrogens (tertiary/aromatic N) is 1. The average Bonchev–Trinajstić information content (AvgIpc) is 2.49. The van der Waals surface area contributed by atoms with Crippen molar-refractivity contribution in [3.05, 3.63) is 29.3 Å². The summed E-state index contributed by atoms with van der Waals surface area (Å²) in [4.78, 5) is -0.543. The summed E-state index contributed by atoms with van der Waals surface area (Å²) in [7, 11) is -4.15. The fraction of sp³-hybridized carbons (Fsp3) is 0.500. The first kappa shape index (κ1) is 22.7. The molecule has 0 spiro atoms. The molecule has 0 saturated carbocycles. The van der Waals surface area contributed by atoms with Crippen LogP contribution in [0.1, 0.15) is 37.3 Å². The largest absolute Gasteiger partial charge is 0.417 e. The summed E-state index contributed by atoms with van der Waals surface area (Å²) < 4.78 is 65.5. The minimum absolute atomic E-state index is 0. The quantitative estimate of drug-likeness (QED) is 0.754. The summed E-state index contributed by atoms with van der Waals surface area (Å²) >= 11 is 0. The van der Waals surface area contributed by atoms with Crippen LogP contribution in [0.2, 0.25) is 0 Å². The Bertz CT molecular complexity index is 687. The van der Waals surface area contributed by atoms with Crippen molar-refractivity contribution < 1.29 is 21.6 Å². The summed E-state index contributed by atoms with van der Waals surface area (Å²) in [6.45, 7) is 1.97. The van der Waals surface area contributed by atoms with Crippen LogP contribution < -0.4 is 10.5 Å². The van der Waals surface area contributed by atoms with Gasteiger partial charge in [0.15, 0.2) is 0 Å². The molecule has 0 radical (unpaired) electrons. The molecule has 1 rings (SSSR count). The Balaban J connectivity index is 0.00000529. The third kappa shape index (κ3) is 5.94. The minimum atomic E-state index is -4.81. The fourth-order valence-electron chi connectivity index (χ4n) is 1.99. The van der Waals surface area contributed by atoms with E-state index in [9.17, 15) is 21.6 Å². The van der Waals surface area contributed by atoms with E-state index in [2.05, 4.69) is 4.72 Å². The maximum Gasteiger partial charge on any atom is 0.417 e. The van der Waals surface area contributed by atoms with E-state index < -0.39 is 38.3 Å². The maximum absolute atomic E-state index is 12.9. The third-order valence-corrected chi connectivity index (χ3v) is 4.76. The van der Waals surface area contributed by atoms with Crippen LogP contribution in [-0.2, 0) is 16.2 Å². The summed E-state index contributed by atoms with van der Waals surface area (Å²) in [5, 5.41) is 8.72. The molecule has 0 aliphatic carbocycles. The molecule has 5 nitrogen and oxygen atoms in total. The molecule has 136 valence electrons. The first-order chi connectivity index (χ1) is 10.7. The Morgan fingerprint density at radius 1 is 1.38 bits per heavy atom. The van der Waals surface area contributed by atoms with Gasteiger partial charge in [0.05, 0.1) is 22.1 Å². The molecular formula is C14H19ClF3N3O2S. The Kier molecular flexibility index (Phi) is 8.71. The highest BCUT2D eigenvalue weighted by Gasteiger charge is 2.35. The van der Waals surface area contributed by atoms with E-state index in [4.69, 9.17) is 11.0 Å². The van der Waals surface area contributed by atoms with Crippen molar-refractivity contribution in [2.75, 3.05) is 6.54 Å². The zero-order valence-electron chi connectivity index (χ0n) is 12.9. The molecule has 0 amide bonds. The van der Waals surface area contributed by atoms with Crippen LogP contribution in [0.3, 0.4) is 0 Å². The van der Waals surface area contributed by atoms with Crippen molar-refractivity contribution in [1.82, 2.24) is 4.72 Å². The Morgan fingerprint density at radius 2 is 2.00 bits per heavy atom. The lowest BCUT2D eigenvalue weighted by atomic mass is 10.1. The van der Waals surface area contributed by atoms with Crippen LogP contribution in [0.5, 0.6) is 0 Å². The fourth-order valence-corrected chi connectivity index (χ4v) is 3.29. The number of benzene rings is 1. The van der Waals surface area contributed by atoms with Gasteiger partial charge in [-0.15, -0.1) is 12.4 Å². The number of nitrogens with two attached hydrogens (primary N) is 1. The predicted molar refractivity (Wildman–Crippen MR) is 86.1 cm³/mol. The molecule has 0 fully saturated rings. The number of halogens is 4. The summed E-state index contributed by atoms with van der Waals surface area (Å²) in [6, 6.07) is 3.14. The molecule has 1 unspecified atom stereocenters. The second kappa shape index (κ2) is 9.22. The van der Waals surface area contributed by atoms with Crippen molar-refractivity contribution >= 4 is 22.4 Å². The lowest BCUT2D eigenvalue weighted by molar-refractivity contribution is -0.137. The standard InChI is InChI=1S/C14H18F3N3O2S.ClH/c1-2-3-4-11(9-19)20-23(21,22)12-6-5-10(8-18)13(7-12)14(15,16)17;/h5-7,11,20H,2-4,9,19H2,1H3;1H. The zero-order chi connectivity index (χ0) is 17.7. The topological polar surface area (TPSA) is 96.0 Å². The van der Waals surface area contributed by atoms with Gasteiger partial charge in [-0.05, 0) is 24.6 Å². The van der Waals surface area contributed by atoms with E-state index in [-0.39, 0.29) is 19.0 Å². The van der Waals surface area contributed by atoms with Crippen LogP contribution in [0.15, 0.2) is 23.1 Å². The molecule has 10 heteroatoms. The van der Waals surface area contributed by atoms with Crippen LogP contribution in [0.25, 0.3) is 0 Å². The number of unbranched alkanes of at least 4 members (excludes halogenated alkanes) is 1. The normalized spacial score (nSPS) is 13.0. The summed E-state index contributed by atoms with van der Waals surface area (Å²) in [6.07, 6.45) is -2.74. The second-order valence-electron chi connectivity index (χ2n) is 5.01. The third-order valence-electron chi connectivity index (χ3n) is 3.24. The van der Waals surface area contributed by atoms with Gasteiger partial charge >= 0.3 is 6.18 Å². The molecule has 0 saturated heterocycles. The van der Waals surface area contributed by atoms with Gasteiger partial charge < -0.3 is 5.73 Å². The van der Waals surface area contributed by atoms with Gasteiger partial charge in [-0.25, -0.2) is 13.1 Å². The van der Waals surface area contributed by atoms with Gasteiger partial charge in [-0.1, -0.05) is 19.8 Å². The highest BCUT2D eigenvalue weighted by molar-refractivity contribution is 7.89. The number of hydrogen-bond acceptors (Lipinski definition) is 4. The highest BCUT2D eigenvalue weighted by atomic mass is 35.5. The van der Waals surface area contributed by atoms with Crippen LogP contribution >= 0.6 is 12.4 Å². The smallest absolute Gasteiger partial charge is 0.329 e. The van der Waals surface area contributed by atoms with E-state index in [1.807, 2.05) is 6.92 Å². The molecule has 1 aromatic rings. The summed E-state index contributed by atoms with van der Waals surface area (Å²) in [5.74, 6) is 0. The molecule has 1 aromatic carbocycles. The number of rotatable bonds is 7. The Hall–Kier alpha value is -1.34. The Morgan fingerprint density at radius 3 is 2.46 bits per heavy atom. The van der Waals surface area contributed by atoms with E-state index in [1.54, 1.807) is 0 Å². The molecule has 24 heavy (non-hydrogen) atoms. The van der Waals surface area contributed by atoms with Gasteiger partial charge in [0.25, 0.3) is 0 Å². The number of alkyl halides is 3. The van der Waals surface area contributed by atoms with Gasteiger partial charge in [0.2, 0.25) is 10.0 Å². The highest BCUT2D eigenvalue weighted by Crippen LogP contribution is 2.33. The second-order valence-corrected chi connectivity index (χ2v) is 6.73. The van der Waals surface area contributed by atoms with Crippen molar-refractivity contribution in [3.63, 3.8) is 0 Å². The van der Waals surface area contributed by atoms with E-state index in [0.717, 1.165) is 25.0 Å². The van der Waals surface area contributed by atoms with Crippen LogP contribution in [0.4, 0.5) is 13.2 Å². The van der Waals surface area contributed by atoms with E-state index >= 15 is 0 Å². The van der Waals surface area contributed by atoms with E-state index in [0.29, 0.717) is 12.5 Å². The van der Waals surface area contributed by atoms with Gasteiger partial charge in [0, 0.05) is 12.6 Å². The average molecular weight is 386 g/mol. The molecular weight excluding hydrogens is 367 g/mol. The predicted octanol–water partition coefficient (Wildman–Crippen LogP) is 2.79. The number of hydrogen-bond donors (Lipinski definition) is 2. The van der Waals surface area contributed by atoms with Crippen molar-refractivity contribution in [2.45, 2.75) is 43.3 Å². The number of sulfonamides is 1. The number of nitrogens with one attached hydrogen (secondary N) is 1. The first-order valence-electron chi connectivity index (χ1n) is 6.99. The lowest BCUT2D eigenvalue weighted by Crippen LogP contribution is -2.40. The monoisotopic (exact) mass is 385 g/mol. The molecule has 0 bridgehead atoms. The summed E-state index contributed by atoms with van der Waals surface area (Å²) in [5.41, 5.74) is 3.59. The lowest BCUT2D eigenvalue weighted by Gasteiger charge is -2.17. The molecule has 0 heterocycles. The number of nitriles is 1. The molecule has 0 aliphatic rings. The zero-order valence-corrected chi connectivity index (χ0v) is 14.6.